The second kappa shape index (κ2) is 7.71. The molecule has 0 radical (unpaired) electrons. The molecule has 120 valence electrons. The lowest BCUT2D eigenvalue weighted by Gasteiger charge is -2.22. The topological polar surface area (TPSA) is 83.7 Å². The Labute approximate surface area is 138 Å². The number of aliphatic hydroxyl groups is 1. The van der Waals surface area contributed by atoms with Gasteiger partial charge in [0.25, 0.3) is 5.91 Å². The molecule has 0 aromatic heterocycles. The van der Waals surface area contributed by atoms with Gasteiger partial charge in [-0.05, 0) is 17.7 Å². The minimum atomic E-state index is -0.671. The maximum absolute atomic E-state index is 12.7. The van der Waals surface area contributed by atoms with E-state index in [1.54, 1.807) is 0 Å². The zero-order chi connectivity index (χ0) is 16.8. The van der Waals surface area contributed by atoms with Crippen molar-refractivity contribution in [2.45, 2.75) is 6.54 Å². The van der Waals surface area contributed by atoms with E-state index in [1.807, 2.05) is 30.3 Å². The van der Waals surface area contributed by atoms with Crippen LogP contribution in [0, 0.1) is 10.1 Å². The first-order chi connectivity index (χ1) is 11.0. The quantitative estimate of drug-likeness (QED) is 0.650. The van der Waals surface area contributed by atoms with Gasteiger partial charge in [0.2, 0.25) is 0 Å². The van der Waals surface area contributed by atoms with Crippen molar-refractivity contribution in [2.75, 3.05) is 13.2 Å². The number of nitro benzene ring substituents is 1. The van der Waals surface area contributed by atoms with Gasteiger partial charge in [-0.25, -0.2) is 0 Å². The van der Waals surface area contributed by atoms with E-state index in [0.29, 0.717) is 0 Å². The highest BCUT2D eigenvalue weighted by molar-refractivity contribution is 6.33. The summed E-state index contributed by atoms with van der Waals surface area (Å²) in [5, 5.41) is 20.3. The van der Waals surface area contributed by atoms with Crippen LogP contribution in [0.2, 0.25) is 5.02 Å². The van der Waals surface area contributed by atoms with Gasteiger partial charge in [-0.2, -0.15) is 0 Å². The number of rotatable bonds is 6. The van der Waals surface area contributed by atoms with Crippen LogP contribution in [0.3, 0.4) is 0 Å². The molecule has 0 bridgehead atoms. The largest absolute Gasteiger partial charge is 0.395 e. The molecule has 2 aromatic carbocycles. The van der Waals surface area contributed by atoms with Crippen LogP contribution >= 0.6 is 11.6 Å². The molecule has 0 fully saturated rings. The van der Waals surface area contributed by atoms with Crippen molar-refractivity contribution in [1.29, 1.82) is 0 Å². The van der Waals surface area contributed by atoms with Gasteiger partial charge in [-0.1, -0.05) is 48.0 Å². The highest BCUT2D eigenvalue weighted by Gasteiger charge is 2.27. The van der Waals surface area contributed by atoms with Gasteiger partial charge in [0.15, 0.2) is 0 Å². The molecule has 23 heavy (non-hydrogen) atoms. The van der Waals surface area contributed by atoms with Crippen molar-refractivity contribution < 1.29 is 14.8 Å². The maximum Gasteiger partial charge on any atom is 0.300 e. The summed E-state index contributed by atoms with van der Waals surface area (Å²) in [5.74, 6) is -0.544. The summed E-state index contributed by atoms with van der Waals surface area (Å²) in [7, 11) is 0. The molecule has 1 N–H and O–H groups in total. The maximum atomic E-state index is 12.7. The van der Waals surface area contributed by atoms with E-state index in [0.717, 1.165) is 5.56 Å². The lowest BCUT2D eigenvalue weighted by atomic mass is 10.1. The molecule has 0 heterocycles. The minimum Gasteiger partial charge on any atom is -0.395 e. The number of nitro groups is 1. The fraction of sp³-hybridized carbons (Fsp3) is 0.188. The van der Waals surface area contributed by atoms with E-state index < -0.39 is 16.5 Å². The van der Waals surface area contributed by atoms with Crippen LogP contribution in [0.1, 0.15) is 15.9 Å². The van der Waals surface area contributed by atoms with Crippen molar-refractivity contribution in [3.05, 3.63) is 74.8 Å². The molecular weight excluding hydrogens is 320 g/mol. The number of benzene rings is 2. The summed E-state index contributed by atoms with van der Waals surface area (Å²) in [6, 6.07) is 13.4. The van der Waals surface area contributed by atoms with Crippen molar-refractivity contribution in [2.24, 2.45) is 0 Å². The number of carbonyl (C=O) groups excluding carboxylic acids is 1. The summed E-state index contributed by atoms with van der Waals surface area (Å²) in [6.45, 7) is 0.0637. The van der Waals surface area contributed by atoms with Crippen LogP contribution < -0.4 is 0 Å². The molecule has 2 rings (SSSR count). The normalized spacial score (nSPS) is 10.3. The van der Waals surface area contributed by atoms with Crippen molar-refractivity contribution in [3.8, 4) is 0 Å². The van der Waals surface area contributed by atoms with Gasteiger partial charge in [0.05, 0.1) is 11.5 Å². The number of hydrogen-bond donors (Lipinski definition) is 1. The van der Waals surface area contributed by atoms with Gasteiger partial charge in [-0.3, -0.25) is 14.9 Å². The second-order valence-electron chi connectivity index (χ2n) is 4.83. The van der Waals surface area contributed by atoms with E-state index in [4.69, 9.17) is 11.6 Å². The monoisotopic (exact) mass is 334 g/mol. The lowest BCUT2D eigenvalue weighted by molar-refractivity contribution is -0.385. The average Bonchev–Trinajstić information content (AvgIpc) is 2.54. The Balaban J connectivity index is 2.35. The van der Waals surface area contributed by atoms with E-state index in [2.05, 4.69) is 0 Å². The van der Waals surface area contributed by atoms with Gasteiger partial charge in [0, 0.05) is 13.1 Å². The van der Waals surface area contributed by atoms with Gasteiger partial charge in [-0.15, -0.1) is 0 Å². The van der Waals surface area contributed by atoms with Crippen LogP contribution in [0.25, 0.3) is 0 Å². The van der Waals surface area contributed by atoms with E-state index in [-0.39, 0.29) is 30.3 Å². The van der Waals surface area contributed by atoms with Crippen molar-refractivity contribution >= 4 is 23.2 Å². The Morgan fingerprint density at radius 3 is 2.48 bits per heavy atom. The number of hydrogen-bond acceptors (Lipinski definition) is 4. The van der Waals surface area contributed by atoms with Crippen LogP contribution in [0.4, 0.5) is 5.69 Å². The number of amides is 1. The number of carbonyl (C=O) groups is 1. The van der Waals surface area contributed by atoms with Gasteiger partial charge < -0.3 is 10.0 Å². The summed E-state index contributed by atoms with van der Waals surface area (Å²) >= 11 is 5.85. The van der Waals surface area contributed by atoms with Crippen LogP contribution in [-0.2, 0) is 6.54 Å². The van der Waals surface area contributed by atoms with Crippen molar-refractivity contribution in [1.82, 2.24) is 4.90 Å². The molecule has 0 spiro atoms. The van der Waals surface area contributed by atoms with Crippen LogP contribution in [0.15, 0.2) is 48.5 Å². The highest BCUT2D eigenvalue weighted by Crippen LogP contribution is 2.29. The molecule has 0 atom stereocenters. The van der Waals surface area contributed by atoms with Gasteiger partial charge in [0.1, 0.15) is 10.6 Å². The second-order valence-corrected chi connectivity index (χ2v) is 5.24. The number of aliphatic hydroxyl groups excluding tert-OH is 1. The zero-order valence-corrected chi connectivity index (χ0v) is 12.9. The standard InChI is InChI=1S/C16H15ClN2O4/c17-14-8-4-7-13(15(14)19(22)23)16(21)18(9-10-20)11-12-5-2-1-3-6-12/h1-8,20H,9-11H2. The molecule has 0 aliphatic rings. The molecule has 2 aromatic rings. The molecule has 0 aliphatic heterocycles. The first kappa shape index (κ1) is 16.9. The lowest BCUT2D eigenvalue weighted by Crippen LogP contribution is -2.33. The predicted octanol–water partition coefficient (Wildman–Crippen LogP) is 2.88. The predicted molar refractivity (Wildman–Crippen MR) is 86.4 cm³/mol. The SMILES string of the molecule is O=C(c1cccc(Cl)c1[N+](=O)[O-])N(CCO)Cc1ccccc1. The Kier molecular flexibility index (Phi) is 5.67. The van der Waals surface area contributed by atoms with Crippen LogP contribution in [-0.4, -0.2) is 34.0 Å². The summed E-state index contributed by atoms with van der Waals surface area (Å²) in [5.41, 5.74) is 0.348. The number of nitrogens with zero attached hydrogens (tertiary/aromatic N) is 2. The fourth-order valence-corrected chi connectivity index (χ4v) is 2.46. The molecule has 0 saturated carbocycles. The van der Waals surface area contributed by atoms with Crippen molar-refractivity contribution in [3.63, 3.8) is 0 Å². The Bertz CT molecular complexity index is 706. The molecular formula is C16H15ClN2O4. The Morgan fingerprint density at radius 2 is 1.87 bits per heavy atom. The molecule has 7 heteroatoms. The molecule has 0 saturated heterocycles. The summed E-state index contributed by atoms with van der Waals surface area (Å²) in [4.78, 5) is 24.5. The molecule has 0 aliphatic carbocycles. The minimum absolute atomic E-state index is 0.0669. The Morgan fingerprint density at radius 1 is 1.17 bits per heavy atom. The molecule has 6 nitrogen and oxygen atoms in total. The number of halogens is 1. The third kappa shape index (κ3) is 4.06. The molecule has 1 amide bonds. The Hall–Kier alpha value is -2.44. The third-order valence-corrected chi connectivity index (χ3v) is 3.58. The third-order valence-electron chi connectivity index (χ3n) is 3.27. The van der Waals surface area contributed by atoms with E-state index in [9.17, 15) is 20.0 Å². The molecule has 0 unspecified atom stereocenters. The summed E-state index contributed by atoms with van der Waals surface area (Å²) in [6.07, 6.45) is 0. The smallest absolute Gasteiger partial charge is 0.300 e. The first-order valence-electron chi connectivity index (χ1n) is 6.91. The van der Waals surface area contributed by atoms with E-state index in [1.165, 1.54) is 23.1 Å². The highest BCUT2D eigenvalue weighted by atomic mass is 35.5. The summed E-state index contributed by atoms with van der Waals surface area (Å²) < 4.78 is 0. The fourth-order valence-electron chi connectivity index (χ4n) is 2.22. The number of para-hydroxylation sites is 1. The average molecular weight is 335 g/mol. The zero-order valence-electron chi connectivity index (χ0n) is 12.2. The van der Waals surface area contributed by atoms with Gasteiger partial charge >= 0.3 is 5.69 Å². The first-order valence-corrected chi connectivity index (χ1v) is 7.29. The van der Waals surface area contributed by atoms with Crippen LogP contribution in [0.5, 0.6) is 0 Å². The van der Waals surface area contributed by atoms with E-state index >= 15 is 0 Å².